The van der Waals surface area contributed by atoms with Gasteiger partial charge in [0.1, 0.15) is 35.9 Å². The summed E-state index contributed by atoms with van der Waals surface area (Å²) in [5, 5.41) is 45.0. The molecule has 2 heterocycles. The Kier molecular flexibility index (Phi) is 3.57. The number of nitrogens with zero attached hydrogens (tertiary/aromatic N) is 6. The number of hydrogen-bond donors (Lipinski definition) is 2. The Labute approximate surface area is 161 Å². The molecule has 2 aliphatic heterocycles. The van der Waals surface area contributed by atoms with E-state index in [0.717, 1.165) is 33.5 Å². The van der Waals surface area contributed by atoms with E-state index in [1.807, 2.05) is 48.5 Å². The fraction of sp³-hybridized carbons (Fsp3) is 0.100. The van der Waals surface area contributed by atoms with Crippen LogP contribution in [0.3, 0.4) is 0 Å². The predicted molar refractivity (Wildman–Crippen MR) is 105 cm³/mol. The van der Waals surface area contributed by atoms with Crippen LogP contribution < -0.4 is 20.4 Å². The fourth-order valence-corrected chi connectivity index (χ4v) is 3.56. The van der Waals surface area contributed by atoms with Crippen molar-refractivity contribution in [2.75, 3.05) is 34.5 Å². The zero-order valence-corrected chi connectivity index (χ0v) is 15.0. The lowest BCUT2D eigenvalue weighted by molar-refractivity contribution is 1.14. The first-order chi connectivity index (χ1) is 13.5. The molecule has 0 bridgehead atoms. The Morgan fingerprint density at radius 3 is 1.96 bits per heavy atom. The van der Waals surface area contributed by atoms with E-state index in [4.69, 9.17) is 0 Å². The Balaban J connectivity index is 1.94. The summed E-state index contributed by atoms with van der Waals surface area (Å²) in [4.78, 5) is 3.56. The van der Waals surface area contributed by atoms with Gasteiger partial charge in [-0.05, 0) is 23.6 Å². The van der Waals surface area contributed by atoms with Gasteiger partial charge in [-0.1, -0.05) is 6.07 Å². The van der Waals surface area contributed by atoms with Gasteiger partial charge in [0.15, 0.2) is 11.1 Å². The Morgan fingerprint density at radius 2 is 1.36 bits per heavy atom. The second kappa shape index (κ2) is 5.95. The zero-order chi connectivity index (χ0) is 20.0. The lowest BCUT2D eigenvalue weighted by Crippen LogP contribution is -2.17. The summed E-state index contributed by atoms with van der Waals surface area (Å²) >= 11 is 0. The van der Waals surface area contributed by atoms with Gasteiger partial charge in [0.25, 0.3) is 0 Å². The molecule has 2 aliphatic rings. The molecule has 0 unspecified atom stereocenters. The van der Waals surface area contributed by atoms with Gasteiger partial charge in [-0.3, -0.25) is 0 Å². The molecule has 4 rings (SSSR count). The minimum atomic E-state index is 0.00433. The van der Waals surface area contributed by atoms with E-state index in [-0.39, 0.29) is 11.1 Å². The molecule has 0 spiro atoms. The van der Waals surface area contributed by atoms with Crippen molar-refractivity contribution in [2.45, 2.75) is 0 Å². The van der Waals surface area contributed by atoms with Crippen LogP contribution in [0.4, 0.5) is 22.7 Å². The van der Waals surface area contributed by atoms with Gasteiger partial charge in [0, 0.05) is 19.5 Å². The van der Waals surface area contributed by atoms with Crippen molar-refractivity contribution in [3.05, 3.63) is 47.1 Å². The normalized spacial score (nSPS) is 13.5. The molecule has 0 radical (unpaired) electrons. The number of anilines is 4. The molecule has 0 saturated heterocycles. The van der Waals surface area contributed by atoms with Crippen molar-refractivity contribution >= 4 is 33.5 Å². The van der Waals surface area contributed by atoms with E-state index < -0.39 is 0 Å². The molecule has 2 aromatic rings. The van der Waals surface area contributed by atoms with E-state index in [9.17, 15) is 21.0 Å². The maximum Gasteiger partial charge on any atom is 0.170 e. The molecule has 0 aromatic heterocycles. The summed E-state index contributed by atoms with van der Waals surface area (Å²) < 4.78 is 0. The molecule has 0 atom stereocenters. The van der Waals surface area contributed by atoms with Crippen LogP contribution in [0, 0.1) is 45.3 Å². The van der Waals surface area contributed by atoms with Crippen molar-refractivity contribution in [1.82, 2.24) is 0 Å². The van der Waals surface area contributed by atoms with Gasteiger partial charge in [0.05, 0.1) is 22.7 Å². The number of hydrogen-bond acceptors (Lipinski definition) is 8. The van der Waals surface area contributed by atoms with E-state index in [0.29, 0.717) is 11.6 Å². The zero-order valence-electron chi connectivity index (χ0n) is 15.0. The first-order valence-electron chi connectivity index (χ1n) is 8.25. The van der Waals surface area contributed by atoms with Gasteiger partial charge >= 0.3 is 0 Å². The van der Waals surface area contributed by atoms with Gasteiger partial charge in [-0.2, -0.15) is 21.0 Å². The fourth-order valence-electron chi connectivity index (χ4n) is 3.56. The van der Waals surface area contributed by atoms with E-state index in [2.05, 4.69) is 10.6 Å². The first kappa shape index (κ1) is 16.8. The minimum absolute atomic E-state index is 0.00433. The van der Waals surface area contributed by atoms with Crippen molar-refractivity contribution < 1.29 is 0 Å². The molecule has 8 nitrogen and oxygen atoms in total. The second-order valence-corrected chi connectivity index (χ2v) is 6.31. The SMILES string of the molecule is CN1C(=C(C#N)C#N)Nc2cc3ccc4c(c3cc21)N(C)C(=C(C#N)C#N)N4. The van der Waals surface area contributed by atoms with Crippen molar-refractivity contribution in [3.8, 4) is 24.3 Å². The topological polar surface area (TPSA) is 126 Å². The van der Waals surface area contributed by atoms with Gasteiger partial charge in [0.2, 0.25) is 0 Å². The number of benzene rings is 2. The first-order valence-corrected chi connectivity index (χ1v) is 8.25. The smallest absolute Gasteiger partial charge is 0.170 e. The number of fused-ring (bicyclic) bond motifs is 4. The second-order valence-electron chi connectivity index (χ2n) is 6.31. The highest BCUT2D eigenvalue weighted by Gasteiger charge is 2.29. The maximum absolute atomic E-state index is 9.22. The number of allylic oxidation sites excluding steroid dienone is 2. The van der Waals surface area contributed by atoms with Crippen molar-refractivity contribution in [1.29, 1.82) is 21.0 Å². The van der Waals surface area contributed by atoms with Crippen molar-refractivity contribution in [3.63, 3.8) is 0 Å². The molecular weight excluding hydrogens is 352 g/mol. The third-order valence-electron chi connectivity index (χ3n) is 4.90. The average molecular weight is 364 g/mol. The highest BCUT2D eigenvalue weighted by atomic mass is 15.3. The lowest BCUT2D eigenvalue weighted by atomic mass is 10.0. The molecule has 0 aliphatic carbocycles. The van der Waals surface area contributed by atoms with Crippen LogP contribution in [0.15, 0.2) is 47.1 Å². The molecule has 8 heteroatoms. The van der Waals surface area contributed by atoms with Crippen LogP contribution in [0.1, 0.15) is 0 Å². The third kappa shape index (κ3) is 2.13. The monoisotopic (exact) mass is 364 g/mol. The van der Waals surface area contributed by atoms with Crippen LogP contribution in [0.25, 0.3) is 10.8 Å². The lowest BCUT2D eigenvalue weighted by Gasteiger charge is -2.17. The average Bonchev–Trinajstić information content (AvgIpc) is 3.20. The molecule has 132 valence electrons. The Hall–Kier alpha value is -4.66. The van der Waals surface area contributed by atoms with Crippen LogP contribution in [0.2, 0.25) is 0 Å². The van der Waals surface area contributed by atoms with E-state index >= 15 is 0 Å². The Morgan fingerprint density at radius 1 is 0.786 bits per heavy atom. The quantitative estimate of drug-likeness (QED) is 0.683. The van der Waals surface area contributed by atoms with Crippen LogP contribution in [0.5, 0.6) is 0 Å². The van der Waals surface area contributed by atoms with Crippen molar-refractivity contribution in [2.24, 2.45) is 0 Å². The predicted octanol–water partition coefficient (Wildman–Crippen LogP) is 3.08. The largest absolute Gasteiger partial charge is 0.338 e. The minimum Gasteiger partial charge on any atom is -0.338 e. The number of rotatable bonds is 0. The van der Waals surface area contributed by atoms with Gasteiger partial charge < -0.3 is 20.4 Å². The molecule has 0 amide bonds. The Bertz CT molecular complexity index is 1260. The summed E-state index contributed by atoms with van der Waals surface area (Å²) in [6.07, 6.45) is 0. The van der Waals surface area contributed by atoms with Gasteiger partial charge in [-0.25, -0.2) is 0 Å². The highest BCUT2D eigenvalue weighted by Crippen LogP contribution is 2.46. The summed E-state index contributed by atoms with van der Waals surface area (Å²) in [7, 11) is 3.58. The van der Waals surface area contributed by atoms with Crippen LogP contribution >= 0.6 is 0 Å². The molecular formula is C20H12N8. The molecule has 0 fully saturated rings. The third-order valence-corrected chi connectivity index (χ3v) is 4.90. The number of nitriles is 4. The summed E-state index contributed by atoms with van der Waals surface area (Å²) in [5.41, 5.74) is 3.28. The summed E-state index contributed by atoms with van der Waals surface area (Å²) in [5.74, 6) is 0.881. The summed E-state index contributed by atoms with van der Waals surface area (Å²) in [6, 6.07) is 15.4. The van der Waals surface area contributed by atoms with Crippen LogP contribution in [-0.2, 0) is 0 Å². The number of nitrogens with one attached hydrogen (secondary N) is 2. The summed E-state index contributed by atoms with van der Waals surface area (Å²) in [6.45, 7) is 0. The van der Waals surface area contributed by atoms with E-state index in [1.54, 1.807) is 23.9 Å². The van der Waals surface area contributed by atoms with Crippen LogP contribution in [-0.4, -0.2) is 14.1 Å². The molecule has 2 aromatic carbocycles. The molecule has 0 saturated carbocycles. The van der Waals surface area contributed by atoms with E-state index in [1.165, 1.54) is 0 Å². The van der Waals surface area contributed by atoms with Gasteiger partial charge in [-0.15, -0.1) is 0 Å². The highest BCUT2D eigenvalue weighted by molar-refractivity contribution is 6.08. The standard InChI is InChI=1S/C20H12N8/c1-27-17-6-14-11(5-16(17)26-19(27)12(7-21)8-22)3-4-15-18(14)28(2)20(25-15)13(9-23)10-24/h3-6,25-26H,1-2H3. The maximum atomic E-state index is 9.22. The molecule has 28 heavy (non-hydrogen) atoms. The molecule has 2 N–H and O–H groups in total.